The fraction of sp³-hybridized carbons (Fsp3) is 0.316. The highest BCUT2D eigenvalue weighted by atomic mass is 35.5. The predicted octanol–water partition coefficient (Wildman–Crippen LogP) is 3.87. The molecule has 0 bridgehead atoms. The molecule has 7 heteroatoms. The SMILES string of the molecule is CCN(C(=O)CCS(=O)(=O)c1ccc(OC)c(Cl)c1)c1cccc(C)c1. The topological polar surface area (TPSA) is 63.7 Å². The standard InChI is InChI=1S/C19H22ClNO4S/c1-4-21(15-7-5-6-14(2)12-15)19(22)10-11-26(23,24)16-8-9-18(25-3)17(20)13-16/h5-9,12-13H,4,10-11H2,1-3H3. The number of ether oxygens (including phenoxy) is 1. The lowest BCUT2D eigenvalue weighted by atomic mass is 10.2. The minimum atomic E-state index is -3.62. The van der Waals surface area contributed by atoms with E-state index in [9.17, 15) is 13.2 Å². The van der Waals surface area contributed by atoms with Gasteiger partial charge in [-0.05, 0) is 49.7 Å². The van der Waals surface area contributed by atoms with Crippen molar-refractivity contribution in [1.82, 2.24) is 0 Å². The molecule has 0 unspecified atom stereocenters. The quantitative estimate of drug-likeness (QED) is 0.713. The third-order valence-corrected chi connectivity index (χ3v) is 6.01. The van der Waals surface area contributed by atoms with E-state index in [-0.39, 0.29) is 28.0 Å². The third kappa shape index (κ3) is 4.77. The van der Waals surface area contributed by atoms with Crippen molar-refractivity contribution in [3.63, 3.8) is 0 Å². The number of nitrogens with zero attached hydrogens (tertiary/aromatic N) is 1. The van der Waals surface area contributed by atoms with Crippen molar-refractivity contribution in [3.8, 4) is 5.75 Å². The molecule has 26 heavy (non-hydrogen) atoms. The number of carbonyl (C=O) groups excluding carboxylic acids is 1. The Labute approximate surface area is 159 Å². The van der Waals surface area contributed by atoms with Crippen LogP contribution in [0.25, 0.3) is 0 Å². The Balaban J connectivity index is 2.13. The molecule has 0 aromatic heterocycles. The number of carbonyl (C=O) groups is 1. The van der Waals surface area contributed by atoms with Gasteiger partial charge in [-0.3, -0.25) is 4.79 Å². The summed E-state index contributed by atoms with van der Waals surface area (Å²) in [6.07, 6.45) is -0.103. The first-order valence-electron chi connectivity index (χ1n) is 8.22. The van der Waals surface area contributed by atoms with Gasteiger partial charge >= 0.3 is 0 Å². The van der Waals surface area contributed by atoms with E-state index in [1.807, 2.05) is 38.1 Å². The van der Waals surface area contributed by atoms with Crippen molar-refractivity contribution in [2.75, 3.05) is 24.3 Å². The molecule has 5 nitrogen and oxygen atoms in total. The van der Waals surface area contributed by atoms with Gasteiger partial charge in [0.15, 0.2) is 9.84 Å². The van der Waals surface area contributed by atoms with E-state index < -0.39 is 9.84 Å². The lowest BCUT2D eigenvalue weighted by Crippen LogP contribution is -2.32. The molecule has 0 saturated carbocycles. The molecule has 140 valence electrons. The van der Waals surface area contributed by atoms with E-state index >= 15 is 0 Å². The Hall–Kier alpha value is -2.05. The number of rotatable bonds is 7. The van der Waals surface area contributed by atoms with E-state index in [0.29, 0.717) is 12.3 Å². The summed E-state index contributed by atoms with van der Waals surface area (Å²) in [6, 6.07) is 11.8. The van der Waals surface area contributed by atoms with E-state index in [4.69, 9.17) is 16.3 Å². The van der Waals surface area contributed by atoms with Crippen LogP contribution < -0.4 is 9.64 Å². The Bertz CT molecular complexity index is 896. The summed E-state index contributed by atoms with van der Waals surface area (Å²) in [7, 11) is -2.17. The number of hydrogen-bond donors (Lipinski definition) is 0. The van der Waals surface area contributed by atoms with Gasteiger partial charge in [0.2, 0.25) is 5.91 Å². The van der Waals surface area contributed by atoms with Gasteiger partial charge in [0.25, 0.3) is 0 Å². The maximum atomic E-state index is 12.5. The Morgan fingerprint density at radius 1 is 1.19 bits per heavy atom. The molecule has 0 N–H and O–H groups in total. The van der Waals surface area contributed by atoms with Crippen LogP contribution in [0.4, 0.5) is 5.69 Å². The van der Waals surface area contributed by atoms with Gasteiger partial charge in [-0.2, -0.15) is 0 Å². The zero-order chi connectivity index (χ0) is 19.3. The molecular formula is C19H22ClNO4S. The fourth-order valence-corrected chi connectivity index (χ4v) is 4.19. The molecular weight excluding hydrogens is 374 g/mol. The van der Waals surface area contributed by atoms with Crippen LogP contribution in [0.2, 0.25) is 5.02 Å². The van der Waals surface area contributed by atoms with Gasteiger partial charge in [-0.15, -0.1) is 0 Å². The zero-order valence-corrected chi connectivity index (χ0v) is 16.6. The van der Waals surface area contributed by atoms with Gasteiger partial charge in [-0.25, -0.2) is 8.42 Å². The molecule has 2 aromatic rings. The Kier molecular flexibility index (Phi) is 6.67. The second-order valence-electron chi connectivity index (χ2n) is 5.84. The molecule has 0 atom stereocenters. The highest BCUT2D eigenvalue weighted by molar-refractivity contribution is 7.91. The predicted molar refractivity (Wildman–Crippen MR) is 104 cm³/mol. The summed E-state index contributed by atoms with van der Waals surface area (Å²) in [5, 5.41) is 0.217. The van der Waals surface area contributed by atoms with Crippen LogP contribution in [0.15, 0.2) is 47.4 Å². The maximum Gasteiger partial charge on any atom is 0.228 e. The summed E-state index contributed by atoms with van der Waals surface area (Å²) in [4.78, 5) is 14.2. The first-order valence-corrected chi connectivity index (χ1v) is 10.2. The second kappa shape index (κ2) is 8.56. The van der Waals surface area contributed by atoms with Crippen molar-refractivity contribution >= 4 is 33.0 Å². The van der Waals surface area contributed by atoms with Crippen LogP contribution in [-0.2, 0) is 14.6 Å². The molecule has 0 aliphatic carbocycles. The summed E-state index contributed by atoms with van der Waals surface area (Å²) < 4.78 is 30.1. The number of amides is 1. The van der Waals surface area contributed by atoms with Gasteiger partial charge in [0.1, 0.15) is 5.75 Å². The lowest BCUT2D eigenvalue weighted by Gasteiger charge is -2.21. The van der Waals surface area contributed by atoms with E-state index in [2.05, 4.69) is 0 Å². The number of hydrogen-bond acceptors (Lipinski definition) is 4. The van der Waals surface area contributed by atoms with Crippen LogP contribution in [0, 0.1) is 6.92 Å². The molecule has 1 amide bonds. The first-order chi connectivity index (χ1) is 12.3. The average Bonchev–Trinajstić information content (AvgIpc) is 2.60. The van der Waals surface area contributed by atoms with Crippen LogP contribution in [0.5, 0.6) is 5.75 Å². The molecule has 2 rings (SSSR count). The molecule has 0 heterocycles. The highest BCUT2D eigenvalue weighted by Crippen LogP contribution is 2.27. The Morgan fingerprint density at radius 2 is 1.92 bits per heavy atom. The normalized spacial score (nSPS) is 11.2. The van der Waals surface area contributed by atoms with Gasteiger partial charge < -0.3 is 9.64 Å². The van der Waals surface area contributed by atoms with E-state index in [0.717, 1.165) is 11.3 Å². The molecule has 0 saturated heterocycles. The Morgan fingerprint density at radius 3 is 2.50 bits per heavy atom. The third-order valence-electron chi connectivity index (χ3n) is 4.00. The first kappa shape index (κ1) is 20.3. The number of sulfone groups is 1. The largest absolute Gasteiger partial charge is 0.495 e. The van der Waals surface area contributed by atoms with E-state index in [1.165, 1.54) is 25.3 Å². The minimum Gasteiger partial charge on any atom is -0.495 e. The smallest absolute Gasteiger partial charge is 0.228 e. The molecule has 0 aliphatic heterocycles. The van der Waals surface area contributed by atoms with Crippen molar-refractivity contribution < 1.29 is 17.9 Å². The van der Waals surface area contributed by atoms with Crippen LogP contribution in [-0.4, -0.2) is 33.7 Å². The van der Waals surface area contributed by atoms with Crippen molar-refractivity contribution in [2.24, 2.45) is 0 Å². The van der Waals surface area contributed by atoms with Crippen molar-refractivity contribution in [1.29, 1.82) is 0 Å². The summed E-state index contributed by atoms with van der Waals surface area (Å²) in [6.45, 7) is 4.27. The number of aryl methyl sites for hydroxylation is 1. The van der Waals surface area contributed by atoms with Crippen molar-refractivity contribution in [2.45, 2.75) is 25.2 Å². The van der Waals surface area contributed by atoms with Gasteiger partial charge in [0, 0.05) is 18.7 Å². The second-order valence-corrected chi connectivity index (χ2v) is 8.36. The number of benzene rings is 2. The molecule has 0 radical (unpaired) electrons. The number of methoxy groups -OCH3 is 1. The highest BCUT2D eigenvalue weighted by Gasteiger charge is 2.21. The monoisotopic (exact) mass is 395 g/mol. The fourth-order valence-electron chi connectivity index (χ4n) is 2.61. The molecule has 0 aliphatic rings. The van der Waals surface area contributed by atoms with Crippen LogP contribution >= 0.6 is 11.6 Å². The molecule has 0 fully saturated rings. The van der Waals surface area contributed by atoms with Crippen LogP contribution in [0.1, 0.15) is 18.9 Å². The number of anilines is 1. The van der Waals surface area contributed by atoms with E-state index in [1.54, 1.807) is 4.90 Å². The lowest BCUT2D eigenvalue weighted by molar-refractivity contribution is -0.118. The summed E-state index contributed by atoms with van der Waals surface area (Å²) in [5.74, 6) is -0.115. The minimum absolute atomic E-state index is 0.0784. The summed E-state index contributed by atoms with van der Waals surface area (Å²) in [5.41, 5.74) is 1.80. The van der Waals surface area contributed by atoms with Crippen molar-refractivity contribution in [3.05, 3.63) is 53.1 Å². The van der Waals surface area contributed by atoms with Gasteiger partial charge in [-0.1, -0.05) is 23.7 Å². The maximum absolute atomic E-state index is 12.5. The zero-order valence-electron chi connectivity index (χ0n) is 15.0. The van der Waals surface area contributed by atoms with Gasteiger partial charge in [0.05, 0.1) is 22.8 Å². The number of halogens is 1. The molecule has 0 spiro atoms. The summed E-state index contributed by atoms with van der Waals surface area (Å²) >= 11 is 6.00. The average molecular weight is 396 g/mol. The van der Waals surface area contributed by atoms with Crippen LogP contribution in [0.3, 0.4) is 0 Å². The molecule has 2 aromatic carbocycles.